The highest BCUT2D eigenvalue weighted by atomic mass is 16.2. The number of imide groups is 1. The number of fused-ring (bicyclic) bond motifs is 1. The summed E-state index contributed by atoms with van der Waals surface area (Å²) >= 11 is 0. The maximum atomic E-state index is 12.4. The SMILES string of the molecule is O=C(CN1C(=O)[C@@H]2CC=CC[C@H]2C1=O)Nc1ccc(-c2ccccc2)cc1. The van der Waals surface area contributed by atoms with Gasteiger partial charge < -0.3 is 5.32 Å². The highest BCUT2D eigenvalue weighted by Gasteiger charge is 2.47. The summed E-state index contributed by atoms with van der Waals surface area (Å²) in [5.41, 5.74) is 2.78. The number of amides is 3. The van der Waals surface area contributed by atoms with Crippen molar-refractivity contribution in [1.82, 2.24) is 4.90 Å². The van der Waals surface area contributed by atoms with Crippen LogP contribution < -0.4 is 5.32 Å². The van der Waals surface area contributed by atoms with Crippen molar-refractivity contribution in [2.45, 2.75) is 12.8 Å². The standard InChI is InChI=1S/C22H20N2O3/c25-20(14-24-21(26)18-8-4-5-9-19(18)22(24)27)23-17-12-10-16(11-13-17)15-6-2-1-3-7-15/h1-7,10-13,18-19H,8-9,14H2,(H,23,25)/t18-,19-/m1/s1. The Kier molecular flexibility index (Phi) is 4.59. The average molecular weight is 360 g/mol. The zero-order valence-corrected chi connectivity index (χ0v) is 14.8. The second kappa shape index (κ2) is 7.19. The number of benzene rings is 2. The van der Waals surface area contributed by atoms with Gasteiger partial charge in [0.2, 0.25) is 17.7 Å². The molecule has 2 aliphatic rings. The van der Waals surface area contributed by atoms with Gasteiger partial charge in [-0.25, -0.2) is 0 Å². The summed E-state index contributed by atoms with van der Waals surface area (Å²) in [4.78, 5) is 38.3. The van der Waals surface area contributed by atoms with Gasteiger partial charge in [-0.05, 0) is 36.1 Å². The van der Waals surface area contributed by atoms with Crippen LogP contribution in [0.5, 0.6) is 0 Å². The van der Waals surface area contributed by atoms with Gasteiger partial charge in [-0.1, -0.05) is 54.6 Å². The van der Waals surface area contributed by atoms with Gasteiger partial charge in [0.05, 0.1) is 11.8 Å². The van der Waals surface area contributed by atoms with Gasteiger partial charge in [-0.2, -0.15) is 0 Å². The molecule has 5 heteroatoms. The minimum atomic E-state index is -0.365. The minimum absolute atomic E-state index is 0.231. The molecule has 2 aromatic rings. The van der Waals surface area contributed by atoms with Crippen molar-refractivity contribution in [2.75, 3.05) is 11.9 Å². The molecule has 0 bridgehead atoms. The number of rotatable bonds is 4. The number of hydrogen-bond acceptors (Lipinski definition) is 3. The number of anilines is 1. The molecule has 2 aromatic carbocycles. The number of nitrogens with one attached hydrogen (secondary N) is 1. The maximum absolute atomic E-state index is 12.4. The lowest BCUT2D eigenvalue weighted by Crippen LogP contribution is -2.38. The molecule has 1 heterocycles. The molecule has 1 aliphatic heterocycles. The molecule has 0 unspecified atom stereocenters. The molecule has 0 radical (unpaired) electrons. The van der Waals surface area contributed by atoms with Gasteiger partial charge >= 0.3 is 0 Å². The highest BCUT2D eigenvalue weighted by molar-refractivity contribution is 6.08. The van der Waals surface area contributed by atoms with Crippen molar-refractivity contribution in [3.63, 3.8) is 0 Å². The Morgan fingerprint density at radius 3 is 2.00 bits per heavy atom. The summed E-state index contributed by atoms with van der Waals surface area (Å²) in [6.45, 7) is -0.231. The first-order chi connectivity index (χ1) is 13.1. The van der Waals surface area contributed by atoms with Crippen LogP contribution in [0.15, 0.2) is 66.7 Å². The van der Waals surface area contributed by atoms with Crippen LogP contribution in [0, 0.1) is 11.8 Å². The van der Waals surface area contributed by atoms with Gasteiger partial charge in [0.1, 0.15) is 6.54 Å². The predicted molar refractivity (Wildman–Crippen MR) is 103 cm³/mol. The van der Waals surface area contributed by atoms with E-state index in [2.05, 4.69) is 5.32 Å². The Hall–Kier alpha value is -3.21. The van der Waals surface area contributed by atoms with Crippen molar-refractivity contribution in [3.8, 4) is 11.1 Å². The topological polar surface area (TPSA) is 66.5 Å². The van der Waals surface area contributed by atoms with E-state index >= 15 is 0 Å². The monoisotopic (exact) mass is 360 g/mol. The molecule has 1 fully saturated rings. The predicted octanol–water partition coefficient (Wildman–Crippen LogP) is 3.24. The van der Waals surface area contributed by atoms with E-state index in [-0.39, 0.29) is 36.1 Å². The van der Waals surface area contributed by atoms with Crippen LogP contribution in [-0.4, -0.2) is 29.2 Å². The Morgan fingerprint density at radius 2 is 1.41 bits per heavy atom. The van der Waals surface area contributed by atoms with E-state index in [9.17, 15) is 14.4 Å². The minimum Gasteiger partial charge on any atom is -0.325 e. The van der Waals surface area contributed by atoms with E-state index in [1.807, 2.05) is 66.7 Å². The normalized spacial score (nSPS) is 21.3. The molecule has 4 rings (SSSR count). The van der Waals surface area contributed by atoms with Crippen LogP contribution in [0.1, 0.15) is 12.8 Å². The van der Waals surface area contributed by atoms with Crippen LogP contribution in [-0.2, 0) is 14.4 Å². The first-order valence-corrected chi connectivity index (χ1v) is 9.09. The second-order valence-corrected chi connectivity index (χ2v) is 6.91. The first-order valence-electron chi connectivity index (χ1n) is 9.09. The fourth-order valence-electron chi connectivity index (χ4n) is 3.75. The molecule has 136 valence electrons. The van der Waals surface area contributed by atoms with Crippen LogP contribution in [0.2, 0.25) is 0 Å². The molecular formula is C22H20N2O3. The molecular weight excluding hydrogens is 340 g/mol. The number of nitrogens with zero attached hydrogens (tertiary/aromatic N) is 1. The Bertz CT molecular complexity index is 877. The molecule has 1 N–H and O–H groups in total. The number of allylic oxidation sites excluding steroid dienone is 2. The van der Waals surface area contributed by atoms with Crippen LogP contribution in [0.4, 0.5) is 5.69 Å². The smallest absolute Gasteiger partial charge is 0.244 e. The quantitative estimate of drug-likeness (QED) is 0.672. The summed E-state index contributed by atoms with van der Waals surface area (Å²) in [6, 6.07) is 17.4. The van der Waals surface area contributed by atoms with Gasteiger partial charge in [-0.3, -0.25) is 19.3 Å². The first kappa shape index (κ1) is 17.2. The lowest BCUT2D eigenvalue weighted by molar-refractivity contribution is -0.142. The third kappa shape index (κ3) is 3.40. The second-order valence-electron chi connectivity index (χ2n) is 6.91. The zero-order valence-electron chi connectivity index (χ0n) is 14.8. The van der Waals surface area contributed by atoms with Crippen LogP contribution in [0.3, 0.4) is 0 Å². The van der Waals surface area contributed by atoms with Crippen molar-refractivity contribution in [3.05, 3.63) is 66.7 Å². The summed E-state index contributed by atoms with van der Waals surface area (Å²) in [5, 5.41) is 2.77. The molecule has 27 heavy (non-hydrogen) atoms. The van der Waals surface area contributed by atoms with Gasteiger partial charge in [0.15, 0.2) is 0 Å². The number of carbonyl (C=O) groups is 3. The van der Waals surface area contributed by atoms with E-state index in [4.69, 9.17) is 0 Å². The largest absolute Gasteiger partial charge is 0.325 e. The van der Waals surface area contributed by atoms with Crippen molar-refractivity contribution in [1.29, 1.82) is 0 Å². The average Bonchev–Trinajstić information content (AvgIpc) is 2.94. The zero-order chi connectivity index (χ0) is 18.8. The highest BCUT2D eigenvalue weighted by Crippen LogP contribution is 2.34. The van der Waals surface area contributed by atoms with E-state index < -0.39 is 0 Å². The van der Waals surface area contributed by atoms with Gasteiger partial charge in [0, 0.05) is 5.69 Å². The van der Waals surface area contributed by atoms with E-state index in [0.717, 1.165) is 16.0 Å². The van der Waals surface area contributed by atoms with Gasteiger partial charge in [-0.15, -0.1) is 0 Å². The molecule has 2 atom stereocenters. The Morgan fingerprint density at radius 1 is 0.852 bits per heavy atom. The summed E-state index contributed by atoms with van der Waals surface area (Å²) in [5.74, 6) is -1.44. The third-order valence-corrected chi connectivity index (χ3v) is 5.18. The number of hydrogen-bond donors (Lipinski definition) is 1. The van der Waals surface area contributed by atoms with Crippen molar-refractivity contribution in [2.24, 2.45) is 11.8 Å². The number of likely N-dealkylation sites (tertiary alicyclic amines) is 1. The lowest BCUT2D eigenvalue weighted by Gasteiger charge is -2.14. The fraction of sp³-hybridized carbons (Fsp3) is 0.227. The van der Waals surface area contributed by atoms with Crippen molar-refractivity contribution < 1.29 is 14.4 Å². The van der Waals surface area contributed by atoms with Crippen LogP contribution >= 0.6 is 0 Å². The van der Waals surface area contributed by atoms with E-state index in [1.165, 1.54) is 0 Å². The summed E-state index contributed by atoms with van der Waals surface area (Å²) in [7, 11) is 0. The maximum Gasteiger partial charge on any atom is 0.244 e. The molecule has 1 aliphatic carbocycles. The molecule has 1 saturated heterocycles. The molecule has 0 saturated carbocycles. The fourth-order valence-corrected chi connectivity index (χ4v) is 3.75. The van der Waals surface area contributed by atoms with Crippen molar-refractivity contribution >= 4 is 23.4 Å². The molecule has 0 aromatic heterocycles. The Balaban J connectivity index is 1.40. The number of carbonyl (C=O) groups excluding carboxylic acids is 3. The lowest BCUT2D eigenvalue weighted by atomic mass is 9.85. The van der Waals surface area contributed by atoms with E-state index in [1.54, 1.807) is 0 Å². The third-order valence-electron chi connectivity index (χ3n) is 5.18. The van der Waals surface area contributed by atoms with Crippen LogP contribution in [0.25, 0.3) is 11.1 Å². The van der Waals surface area contributed by atoms with Gasteiger partial charge in [0.25, 0.3) is 0 Å². The summed E-state index contributed by atoms with van der Waals surface area (Å²) in [6.07, 6.45) is 5.02. The Labute approximate surface area is 157 Å². The molecule has 0 spiro atoms. The molecule has 3 amide bonds. The molecule has 5 nitrogen and oxygen atoms in total. The van der Waals surface area contributed by atoms with E-state index in [0.29, 0.717) is 18.5 Å². The summed E-state index contributed by atoms with van der Waals surface area (Å²) < 4.78 is 0.